The largest absolute Gasteiger partial charge is 0.497 e. The van der Waals surface area contributed by atoms with E-state index in [2.05, 4.69) is 11.1 Å². The van der Waals surface area contributed by atoms with E-state index < -0.39 is 0 Å². The minimum Gasteiger partial charge on any atom is -0.497 e. The maximum Gasteiger partial charge on any atom is 0.254 e. The van der Waals surface area contributed by atoms with E-state index in [0.29, 0.717) is 24.4 Å². The number of amides is 1. The van der Waals surface area contributed by atoms with Crippen molar-refractivity contribution in [3.05, 3.63) is 65.6 Å². The third-order valence-corrected chi connectivity index (χ3v) is 4.37. The molecule has 3 aromatic rings. The molecule has 4 rings (SSSR count). The van der Waals surface area contributed by atoms with E-state index in [1.54, 1.807) is 19.4 Å². The molecule has 0 atom stereocenters. The molecule has 0 N–H and O–H groups in total. The number of carbonyl (C=O) groups is 1. The molecule has 0 bridgehead atoms. The minimum absolute atomic E-state index is 0.0193. The highest BCUT2D eigenvalue weighted by Crippen LogP contribution is 2.24. The second-order valence-corrected chi connectivity index (χ2v) is 5.87. The second kappa shape index (κ2) is 5.92. The molecule has 0 unspecified atom stereocenters. The minimum atomic E-state index is 0.0193. The molecular weight excluding hydrogens is 302 g/mol. The van der Waals surface area contributed by atoms with Crippen LogP contribution in [0.3, 0.4) is 0 Å². The summed E-state index contributed by atoms with van der Waals surface area (Å²) in [5.41, 5.74) is 3.77. The number of pyridine rings is 2. The lowest BCUT2D eigenvalue weighted by atomic mass is 10.0. The van der Waals surface area contributed by atoms with E-state index in [9.17, 15) is 4.79 Å². The molecule has 120 valence electrons. The molecule has 1 aromatic carbocycles. The molecule has 1 aliphatic heterocycles. The fourth-order valence-corrected chi connectivity index (χ4v) is 3.09. The molecule has 1 aliphatic rings. The Hall–Kier alpha value is -2.95. The van der Waals surface area contributed by atoms with Crippen LogP contribution in [0.15, 0.2) is 48.8 Å². The first-order valence-corrected chi connectivity index (χ1v) is 7.90. The van der Waals surface area contributed by atoms with Crippen LogP contribution >= 0.6 is 0 Å². The normalized spacial score (nSPS) is 13.6. The Bertz CT molecular complexity index is 923. The van der Waals surface area contributed by atoms with Gasteiger partial charge < -0.3 is 9.64 Å². The first-order chi connectivity index (χ1) is 11.7. The number of rotatable bonds is 2. The zero-order chi connectivity index (χ0) is 16.5. The first-order valence-electron chi connectivity index (χ1n) is 7.90. The van der Waals surface area contributed by atoms with Crippen LogP contribution in [0.2, 0.25) is 0 Å². The SMILES string of the molecule is COc1cccc(C(=O)N2CCc3nc4ccncc4cc3C2)c1. The fourth-order valence-electron chi connectivity index (χ4n) is 3.09. The standard InChI is InChI=1S/C19H17N3O2/c1-24-16-4-2-3-13(10-16)19(23)22-8-6-18-15(12-22)9-14-11-20-7-5-17(14)21-18/h2-5,7,9-11H,6,8,12H2,1H3. The van der Waals surface area contributed by atoms with Gasteiger partial charge in [0, 0.05) is 48.5 Å². The van der Waals surface area contributed by atoms with Crippen molar-refractivity contribution in [1.29, 1.82) is 0 Å². The summed E-state index contributed by atoms with van der Waals surface area (Å²) in [5.74, 6) is 0.711. The van der Waals surface area contributed by atoms with E-state index in [1.807, 2.05) is 35.4 Å². The molecule has 5 heteroatoms. The number of ether oxygens (including phenoxy) is 1. The smallest absolute Gasteiger partial charge is 0.254 e. The van der Waals surface area contributed by atoms with Gasteiger partial charge in [0.1, 0.15) is 5.75 Å². The molecule has 0 saturated carbocycles. The Balaban J connectivity index is 1.63. The highest BCUT2D eigenvalue weighted by Gasteiger charge is 2.23. The molecule has 0 spiro atoms. The Morgan fingerprint density at radius 2 is 2.17 bits per heavy atom. The van der Waals surface area contributed by atoms with Crippen molar-refractivity contribution in [1.82, 2.24) is 14.9 Å². The first kappa shape index (κ1) is 14.6. The quantitative estimate of drug-likeness (QED) is 0.729. The Morgan fingerprint density at radius 3 is 3.04 bits per heavy atom. The van der Waals surface area contributed by atoms with Gasteiger partial charge in [0.15, 0.2) is 0 Å². The van der Waals surface area contributed by atoms with E-state index in [4.69, 9.17) is 9.72 Å². The highest BCUT2D eigenvalue weighted by atomic mass is 16.5. The fraction of sp³-hybridized carbons (Fsp3) is 0.211. The summed E-state index contributed by atoms with van der Waals surface area (Å²) < 4.78 is 5.21. The number of carbonyl (C=O) groups excluding carboxylic acids is 1. The van der Waals surface area contributed by atoms with Crippen molar-refractivity contribution in [2.45, 2.75) is 13.0 Å². The molecule has 2 aromatic heterocycles. The van der Waals surface area contributed by atoms with E-state index >= 15 is 0 Å². The van der Waals surface area contributed by atoms with Gasteiger partial charge in [-0.25, -0.2) is 0 Å². The summed E-state index contributed by atoms with van der Waals surface area (Å²) in [5, 5.41) is 1.01. The van der Waals surface area contributed by atoms with Crippen LogP contribution in [-0.2, 0) is 13.0 Å². The van der Waals surface area contributed by atoms with Gasteiger partial charge in [0.05, 0.1) is 12.6 Å². The van der Waals surface area contributed by atoms with Gasteiger partial charge in [-0.2, -0.15) is 0 Å². The van der Waals surface area contributed by atoms with Crippen LogP contribution in [0.1, 0.15) is 21.6 Å². The number of aromatic nitrogens is 2. The van der Waals surface area contributed by atoms with Crippen molar-refractivity contribution in [3.63, 3.8) is 0 Å². The van der Waals surface area contributed by atoms with Crippen LogP contribution in [0.4, 0.5) is 0 Å². The molecular formula is C19H17N3O2. The molecule has 3 heterocycles. The van der Waals surface area contributed by atoms with Crippen LogP contribution in [-0.4, -0.2) is 34.4 Å². The maximum absolute atomic E-state index is 12.8. The maximum atomic E-state index is 12.8. The molecule has 1 amide bonds. The van der Waals surface area contributed by atoms with E-state index in [-0.39, 0.29) is 5.91 Å². The summed E-state index contributed by atoms with van der Waals surface area (Å²) in [6.07, 6.45) is 4.33. The summed E-state index contributed by atoms with van der Waals surface area (Å²) >= 11 is 0. The van der Waals surface area contributed by atoms with Gasteiger partial charge in [-0.15, -0.1) is 0 Å². The Labute approximate surface area is 139 Å². The molecule has 5 nitrogen and oxygen atoms in total. The monoisotopic (exact) mass is 319 g/mol. The number of fused-ring (bicyclic) bond motifs is 2. The third kappa shape index (κ3) is 2.58. The van der Waals surface area contributed by atoms with E-state index in [0.717, 1.165) is 28.6 Å². The van der Waals surface area contributed by atoms with Crippen LogP contribution in [0.25, 0.3) is 10.9 Å². The zero-order valence-electron chi connectivity index (χ0n) is 13.4. The van der Waals surface area contributed by atoms with Crippen LogP contribution < -0.4 is 4.74 Å². The lowest BCUT2D eigenvalue weighted by molar-refractivity contribution is 0.0733. The number of methoxy groups -OCH3 is 1. The Morgan fingerprint density at radius 1 is 1.25 bits per heavy atom. The van der Waals surface area contributed by atoms with Crippen LogP contribution in [0.5, 0.6) is 5.75 Å². The average molecular weight is 319 g/mol. The van der Waals surface area contributed by atoms with Crippen molar-refractivity contribution in [2.24, 2.45) is 0 Å². The Kier molecular flexibility index (Phi) is 3.61. The molecule has 24 heavy (non-hydrogen) atoms. The number of hydrogen-bond donors (Lipinski definition) is 0. The average Bonchev–Trinajstić information content (AvgIpc) is 2.65. The summed E-state index contributed by atoms with van der Waals surface area (Å²) in [6.45, 7) is 1.25. The van der Waals surface area contributed by atoms with E-state index in [1.165, 1.54) is 0 Å². The third-order valence-electron chi connectivity index (χ3n) is 4.37. The summed E-state index contributed by atoms with van der Waals surface area (Å²) in [4.78, 5) is 23.5. The predicted octanol–water partition coefficient (Wildman–Crippen LogP) is 2.84. The summed E-state index contributed by atoms with van der Waals surface area (Å²) in [6, 6.07) is 11.3. The topological polar surface area (TPSA) is 55.3 Å². The number of hydrogen-bond acceptors (Lipinski definition) is 4. The van der Waals surface area contributed by atoms with Gasteiger partial charge in [0.25, 0.3) is 5.91 Å². The molecule has 0 aliphatic carbocycles. The van der Waals surface area contributed by atoms with Crippen molar-refractivity contribution >= 4 is 16.8 Å². The molecule has 0 radical (unpaired) electrons. The van der Waals surface area contributed by atoms with Crippen molar-refractivity contribution in [3.8, 4) is 5.75 Å². The number of nitrogens with zero attached hydrogens (tertiary/aromatic N) is 3. The van der Waals surface area contributed by atoms with Gasteiger partial charge in [-0.1, -0.05) is 6.07 Å². The van der Waals surface area contributed by atoms with Gasteiger partial charge in [-0.3, -0.25) is 14.8 Å². The van der Waals surface area contributed by atoms with Gasteiger partial charge >= 0.3 is 0 Å². The van der Waals surface area contributed by atoms with Crippen LogP contribution in [0, 0.1) is 0 Å². The van der Waals surface area contributed by atoms with Gasteiger partial charge in [0.2, 0.25) is 0 Å². The zero-order valence-corrected chi connectivity index (χ0v) is 13.4. The second-order valence-electron chi connectivity index (χ2n) is 5.87. The van der Waals surface area contributed by atoms with Crippen molar-refractivity contribution in [2.75, 3.05) is 13.7 Å². The predicted molar refractivity (Wildman–Crippen MR) is 91.0 cm³/mol. The number of benzene rings is 1. The highest BCUT2D eigenvalue weighted by molar-refractivity contribution is 5.94. The molecule has 0 fully saturated rings. The lowest BCUT2D eigenvalue weighted by Crippen LogP contribution is -2.36. The van der Waals surface area contributed by atoms with Crippen molar-refractivity contribution < 1.29 is 9.53 Å². The lowest BCUT2D eigenvalue weighted by Gasteiger charge is -2.28. The van der Waals surface area contributed by atoms with Gasteiger partial charge in [-0.05, 0) is 35.9 Å². The summed E-state index contributed by atoms with van der Waals surface area (Å²) in [7, 11) is 1.60. The molecule has 0 saturated heterocycles.